The minimum atomic E-state index is -5.08. The smallest absolute Gasteiger partial charge is 0.475 e. The van der Waals surface area contributed by atoms with Gasteiger partial charge in [-0.2, -0.15) is 13.2 Å². The number of alkyl halides is 3. The number of carbonyl (C=O) groups excluding carboxylic acids is 2. The summed E-state index contributed by atoms with van der Waals surface area (Å²) in [6, 6.07) is 13.7. The molecule has 1 fully saturated rings. The number of fused-ring (bicyclic) bond motifs is 1. The Labute approximate surface area is 211 Å². The molecule has 1 saturated heterocycles. The summed E-state index contributed by atoms with van der Waals surface area (Å²) in [6.07, 6.45) is -5.05. The number of carboxylic acids is 1. The van der Waals surface area contributed by atoms with E-state index in [2.05, 4.69) is 4.90 Å². The quantitative estimate of drug-likeness (QED) is 0.582. The van der Waals surface area contributed by atoms with Crippen molar-refractivity contribution < 1.29 is 37.1 Å². The van der Waals surface area contributed by atoms with E-state index in [1.807, 2.05) is 24.3 Å². The number of carbonyl (C=O) groups is 3. The number of hydrogen-bond acceptors (Lipinski definition) is 5. The first-order valence-corrected chi connectivity index (χ1v) is 11.6. The molecule has 200 valence electrons. The molecule has 0 unspecified atom stereocenters. The number of amides is 2. The first-order chi connectivity index (χ1) is 17.4. The highest BCUT2D eigenvalue weighted by Gasteiger charge is 2.38. The predicted octanol–water partition coefficient (Wildman–Crippen LogP) is 2.36. The van der Waals surface area contributed by atoms with E-state index in [0.717, 1.165) is 36.3 Å². The second-order valence-corrected chi connectivity index (χ2v) is 8.86. The van der Waals surface area contributed by atoms with Gasteiger partial charge >= 0.3 is 12.1 Å². The van der Waals surface area contributed by atoms with Gasteiger partial charge in [0.2, 0.25) is 11.8 Å². The molecule has 0 bridgehead atoms. The maximum Gasteiger partial charge on any atom is 0.490 e. The molecule has 0 radical (unpaired) electrons. The second kappa shape index (κ2) is 12.2. The lowest BCUT2D eigenvalue weighted by atomic mass is 10.1. The topological polar surface area (TPSA) is 107 Å². The van der Waals surface area contributed by atoms with E-state index in [1.54, 1.807) is 21.9 Å². The molecule has 0 saturated carbocycles. The fraction of sp³-hybridized carbons (Fsp3) is 0.400. The molecule has 0 aliphatic carbocycles. The number of benzene rings is 2. The SMILES string of the molecule is N[C@@H](CC(=O)N1CCN(Cc2ccc(F)cc2)CC1)C(=O)N1Cc2ccccc2C1.O=C(O)C(F)(F)F. The Morgan fingerprint density at radius 1 is 0.892 bits per heavy atom. The maximum atomic E-state index is 13.0. The maximum absolute atomic E-state index is 13.0. The lowest BCUT2D eigenvalue weighted by Gasteiger charge is -2.35. The summed E-state index contributed by atoms with van der Waals surface area (Å²) in [4.78, 5) is 40.0. The van der Waals surface area contributed by atoms with Crippen LogP contribution in [0.15, 0.2) is 48.5 Å². The number of aliphatic carboxylic acids is 1. The summed E-state index contributed by atoms with van der Waals surface area (Å²) in [5.41, 5.74) is 9.43. The van der Waals surface area contributed by atoms with Crippen LogP contribution in [-0.4, -0.2) is 76.0 Å². The molecule has 37 heavy (non-hydrogen) atoms. The van der Waals surface area contributed by atoms with Crippen LogP contribution in [0.2, 0.25) is 0 Å². The summed E-state index contributed by atoms with van der Waals surface area (Å²) in [7, 11) is 0. The van der Waals surface area contributed by atoms with Gasteiger partial charge in [-0.1, -0.05) is 36.4 Å². The third kappa shape index (κ3) is 7.99. The van der Waals surface area contributed by atoms with Gasteiger partial charge in [-0.25, -0.2) is 9.18 Å². The molecule has 1 atom stereocenters. The van der Waals surface area contributed by atoms with E-state index < -0.39 is 18.2 Å². The van der Waals surface area contributed by atoms with Gasteiger partial charge in [-0.3, -0.25) is 14.5 Å². The lowest BCUT2D eigenvalue weighted by Crippen LogP contribution is -2.51. The number of halogens is 4. The zero-order valence-corrected chi connectivity index (χ0v) is 20.0. The van der Waals surface area contributed by atoms with Crippen LogP contribution in [0.4, 0.5) is 17.6 Å². The van der Waals surface area contributed by atoms with Crippen molar-refractivity contribution in [3.63, 3.8) is 0 Å². The molecule has 2 aliphatic rings. The summed E-state index contributed by atoms with van der Waals surface area (Å²) >= 11 is 0. The standard InChI is InChI=1S/C23H27FN4O2.C2HF3O2/c24-20-7-5-17(6-8-20)14-26-9-11-27(12-10-26)22(29)13-21(25)23(30)28-15-18-3-1-2-4-19(18)16-28;3-2(4,5)1(6)7/h1-8,21H,9-16,25H2;(H,6,7)/t21-;/m0./s1. The van der Waals surface area contributed by atoms with Crippen LogP contribution in [-0.2, 0) is 34.0 Å². The number of carboxylic acid groups (broad SMARTS) is 1. The van der Waals surface area contributed by atoms with Gasteiger partial charge in [0, 0.05) is 45.8 Å². The molecule has 0 aromatic heterocycles. The number of hydrogen-bond donors (Lipinski definition) is 2. The normalized spacial score (nSPS) is 16.5. The molecular weight excluding hydrogens is 496 g/mol. The highest BCUT2D eigenvalue weighted by atomic mass is 19.4. The molecule has 8 nitrogen and oxygen atoms in total. The van der Waals surface area contributed by atoms with Crippen LogP contribution in [0.25, 0.3) is 0 Å². The zero-order valence-electron chi connectivity index (χ0n) is 20.0. The summed E-state index contributed by atoms with van der Waals surface area (Å²) in [5, 5.41) is 7.12. The fourth-order valence-corrected chi connectivity index (χ4v) is 4.13. The molecule has 3 N–H and O–H groups in total. The van der Waals surface area contributed by atoms with E-state index in [-0.39, 0.29) is 24.1 Å². The van der Waals surface area contributed by atoms with Crippen molar-refractivity contribution in [2.75, 3.05) is 26.2 Å². The van der Waals surface area contributed by atoms with Crippen LogP contribution in [0.5, 0.6) is 0 Å². The summed E-state index contributed by atoms with van der Waals surface area (Å²) in [6.45, 7) is 4.54. The van der Waals surface area contributed by atoms with Gasteiger partial charge in [0.1, 0.15) is 5.82 Å². The Balaban J connectivity index is 0.000000479. The van der Waals surface area contributed by atoms with Crippen molar-refractivity contribution in [2.24, 2.45) is 5.73 Å². The van der Waals surface area contributed by atoms with Crippen molar-refractivity contribution in [1.29, 1.82) is 0 Å². The van der Waals surface area contributed by atoms with E-state index >= 15 is 0 Å². The van der Waals surface area contributed by atoms with Crippen molar-refractivity contribution in [3.8, 4) is 0 Å². The minimum absolute atomic E-state index is 0.0314. The second-order valence-electron chi connectivity index (χ2n) is 8.86. The van der Waals surface area contributed by atoms with E-state index in [9.17, 15) is 27.2 Å². The summed E-state index contributed by atoms with van der Waals surface area (Å²) < 4.78 is 44.8. The monoisotopic (exact) mass is 524 g/mol. The molecule has 2 aromatic carbocycles. The fourth-order valence-electron chi connectivity index (χ4n) is 4.13. The van der Waals surface area contributed by atoms with Crippen molar-refractivity contribution in [2.45, 2.75) is 38.3 Å². The van der Waals surface area contributed by atoms with Crippen molar-refractivity contribution in [1.82, 2.24) is 14.7 Å². The van der Waals surface area contributed by atoms with Gasteiger partial charge < -0.3 is 20.6 Å². The molecule has 2 aliphatic heterocycles. The largest absolute Gasteiger partial charge is 0.490 e. The molecule has 4 rings (SSSR count). The third-order valence-electron chi connectivity index (χ3n) is 6.15. The molecular formula is C25H28F4N4O4. The molecule has 2 aromatic rings. The lowest BCUT2D eigenvalue weighted by molar-refractivity contribution is -0.192. The van der Waals surface area contributed by atoms with Gasteiger partial charge in [-0.05, 0) is 28.8 Å². The van der Waals surface area contributed by atoms with E-state index in [1.165, 1.54) is 12.1 Å². The number of rotatable bonds is 5. The molecule has 2 heterocycles. The highest BCUT2D eigenvalue weighted by molar-refractivity contribution is 5.88. The van der Waals surface area contributed by atoms with Gasteiger partial charge in [-0.15, -0.1) is 0 Å². The molecule has 0 spiro atoms. The number of nitrogens with two attached hydrogens (primary N) is 1. The Hall–Kier alpha value is -3.51. The third-order valence-corrected chi connectivity index (χ3v) is 6.15. The van der Waals surface area contributed by atoms with Crippen LogP contribution >= 0.6 is 0 Å². The Morgan fingerprint density at radius 3 is 1.89 bits per heavy atom. The van der Waals surface area contributed by atoms with E-state index in [0.29, 0.717) is 26.2 Å². The van der Waals surface area contributed by atoms with Gasteiger partial charge in [0.25, 0.3) is 0 Å². The van der Waals surface area contributed by atoms with Crippen LogP contribution in [0, 0.1) is 5.82 Å². The van der Waals surface area contributed by atoms with Gasteiger partial charge in [0.05, 0.1) is 12.5 Å². The van der Waals surface area contributed by atoms with Crippen LogP contribution in [0.3, 0.4) is 0 Å². The Bertz CT molecular complexity index is 1080. The Kier molecular flexibility index (Phi) is 9.22. The van der Waals surface area contributed by atoms with E-state index in [4.69, 9.17) is 15.6 Å². The minimum Gasteiger partial charge on any atom is -0.475 e. The first kappa shape index (κ1) is 28.1. The predicted molar refractivity (Wildman–Crippen MR) is 125 cm³/mol. The average molecular weight is 525 g/mol. The van der Waals surface area contributed by atoms with Crippen molar-refractivity contribution >= 4 is 17.8 Å². The first-order valence-electron chi connectivity index (χ1n) is 11.6. The number of piperazine rings is 1. The van der Waals surface area contributed by atoms with Gasteiger partial charge in [0.15, 0.2) is 0 Å². The summed E-state index contributed by atoms with van der Waals surface area (Å²) in [5.74, 6) is -3.24. The molecule has 12 heteroatoms. The zero-order chi connectivity index (χ0) is 27.2. The Morgan fingerprint density at radius 2 is 1.41 bits per heavy atom. The average Bonchev–Trinajstić information content (AvgIpc) is 3.29. The van der Waals surface area contributed by atoms with Crippen LogP contribution in [0.1, 0.15) is 23.1 Å². The van der Waals surface area contributed by atoms with Crippen molar-refractivity contribution in [3.05, 3.63) is 71.0 Å². The highest BCUT2D eigenvalue weighted by Crippen LogP contribution is 2.23. The van der Waals surface area contributed by atoms with Crippen LogP contribution < -0.4 is 5.73 Å². The number of nitrogens with zero attached hydrogens (tertiary/aromatic N) is 3. The molecule has 2 amide bonds.